The third-order valence-electron chi connectivity index (χ3n) is 2.57. The number of ether oxygens (including phenoxy) is 1. The first kappa shape index (κ1) is 10.9. The highest BCUT2D eigenvalue weighted by molar-refractivity contribution is 5.98. The van der Waals surface area contributed by atoms with Crippen LogP contribution in [0.15, 0.2) is 18.3 Å². The maximum Gasteiger partial charge on any atom is 0.254 e. The molecule has 1 N–H and O–H groups in total. The van der Waals surface area contributed by atoms with E-state index in [9.17, 15) is 4.79 Å². The monoisotopic (exact) mass is 221 g/mol. The van der Waals surface area contributed by atoms with Crippen LogP contribution in [0.4, 0.5) is 5.82 Å². The molecule has 5 heteroatoms. The molecule has 5 nitrogen and oxygen atoms in total. The SMILES string of the molecule is CNC(=O)c1cccnc1N1CCOCC1. The van der Waals surface area contributed by atoms with Gasteiger partial charge in [-0.15, -0.1) is 0 Å². The molecule has 0 spiro atoms. The van der Waals surface area contributed by atoms with Gasteiger partial charge in [0.05, 0.1) is 18.8 Å². The Morgan fingerprint density at radius 3 is 2.94 bits per heavy atom. The molecule has 0 aliphatic carbocycles. The number of morpholine rings is 1. The van der Waals surface area contributed by atoms with Gasteiger partial charge in [-0.05, 0) is 12.1 Å². The summed E-state index contributed by atoms with van der Waals surface area (Å²) in [5.41, 5.74) is 0.618. The molecular weight excluding hydrogens is 206 g/mol. The van der Waals surface area contributed by atoms with E-state index in [4.69, 9.17) is 4.74 Å². The topological polar surface area (TPSA) is 54.5 Å². The summed E-state index contributed by atoms with van der Waals surface area (Å²) in [5.74, 6) is 0.639. The predicted molar refractivity (Wildman–Crippen MR) is 60.7 cm³/mol. The average molecular weight is 221 g/mol. The average Bonchev–Trinajstić information content (AvgIpc) is 2.39. The first-order valence-electron chi connectivity index (χ1n) is 5.32. The van der Waals surface area contributed by atoms with Gasteiger partial charge in [0.25, 0.3) is 5.91 Å². The quantitative estimate of drug-likeness (QED) is 0.779. The molecule has 1 fully saturated rings. The van der Waals surface area contributed by atoms with Crippen molar-refractivity contribution in [3.05, 3.63) is 23.9 Å². The van der Waals surface area contributed by atoms with Gasteiger partial charge in [-0.2, -0.15) is 0 Å². The fraction of sp³-hybridized carbons (Fsp3) is 0.455. The summed E-state index contributed by atoms with van der Waals surface area (Å²) in [6, 6.07) is 3.56. The molecule has 1 aromatic heterocycles. The number of aromatic nitrogens is 1. The number of carbonyl (C=O) groups excluding carboxylic acids is 1. The summed E-state index contributed by atoms with van der Waals surface area (Å²) >= 11 is 0. The molecule has 86 valence electrons. The van der Waals surface area contributed by atoms with Gasteiger partial charge in [-0.25, -0.2) is 4.98 Å². The molecule has 1 aromatic rings. The Labute approximate surface area is 94.4 Å². The van der Waals surface area contributed by atoms with E-state index in [1.165, 1.54) is 0 Å². The number of nitrogens with one attached hydrogen (secondary N) is 1. The van der Waals surface area contributed by atoms with E-state index < -0.39 is 0 Å². The van der Waals surface area contributed by atoms with Crippen molar-refractivity contribution in [1.82, 2.24) is 10.3 Å². The second kappa shape index (κ2) is 4.94. The maximum atomic E-state index is 11.7. The van der Waals surface area contributed by atoms with Gasteiger partial charge >= 0.3 is 0 Å². The van der Waals surface area contributed by atoms with Crippen molar-refractivity contribution in [2.24, 2.45) is 0 Å². The smallest absolute Gasteiger partial charge is 0.254 e. The third-order valence-corrected chi connectivity index (χ3v) is 2.57. The molecule has 0 unspecified atom stereocenters. The van der Waals surface area contributed by atoms with Crippen molar-refractivity contribution in [2.45, 2.75) is 0 Å². The predicted octanol–water partition coefficient (Wildman–Crippen LogP) is 0.278. The lowest BCUT2D eigenvalue weighted by atomic mass is 10.2. The van der Waals surface area contributed by atoms with Crippen molar-refractivity contribution < 1.29 is 9.53 Å². The number of pyridine rings is 1. The van der Waals surface area contributed by atoms with Crippen LogP contribution in [0.3, 0.4) is 0 Å². The second-order valence-corrected chi connectivity index (χ2v) is 3.55. The molecule has 2 rings (SSSR count). The molecule has 2 heterocycles. The number of carbonyl (C=O) groups is 1. The summed E-state index contributed by atoms with van der Waals surface area (Å²) < 4.78 is 5.28. The van der Waals surface area contributed by atoms with Crippen molar-refractivity contribution >= 4 is 11.7 Å². The van der Waals surface area contributed by atoms with Crippen LogP contribution >= 0.6 is 0 Å². The maximum absolute atomic E-state index is 11.7. The van der Waals surface area contributed by atoms with Gasteiger partial charge < -0.3 is 15.0 Å². The highest BCUT2D eigenvalue weighted by Crippen LogP contribution is 2.17. The van der Waals surface area contributed by atoms with Gasteiger partial charge in [-0.1, -0.05) is 0 Å². The van der Waals surface area contributed by atoms with Crippen LogP contribution in [0.25, 0.3) is 0 Å². The van der Waals surface area contributed by atoms with Crippen LogP contribution in [0.2, 0.25) is 0 Å². The van der Waals surface area contributed by atoms with E-state index in [0.29, 0.717) is 18.8 Å². The Balaban J connectivity index is 2.28. The van der Waals surface area contributed by atoms with E-state index in [0.717, 1.165) is 18.9 Å². The Morgan fingerprint density at radius 1 is 1.50 bits per heavy atom. The van der Waals surface area contributed by atoms with Gasteiger partial charge in [0.15, 0.2) is 0 Å². The number of anilines is 1. The van der Waals surface area contributed by atoms with Crippen molar-refractivity contribution in [3.8, 4) is 0 Å². The third kappa shape index (κ3) is 2.14. The molecule has 0 aromatic carbocycles. The van der Waals surface area contributed by atoms with E-state index >= 15 is 0 Å². The highest BCUT2D eigenvalue weighted by atomic mass is 16.5. The molecule has 1 aliphatic heterocycles. The Morgan fingerprint density at radius 2 is 2.25 bits per heavy atom. The molecule has 0 atom stereocenters. The lowest BCUT2D eigenvalue weighted by molar-refractivity contribution is 0.0961. The van der Waals surface area contributed by atoms with Crippen LogP contribution in [-0.2, 0) is 4.74 Å². The van der Waals surface area contributed by atoms with Crippen LogP contribution in [0, 0.1) is 0 Å². The van der Waals surface area contributed by atoms with E-state index in [-0.39, 0.29) is 5.91 Å². The molecule has 16 heavy (non-hydrogen) atoms. The summed E-state index contributed by atoms with van der Waals surface area (Å²) in [7, 11) is 1.62. The number of rotatable bonds is 2. The minimum Gasteiger partial charge on any atom is -0.378 e. The minimum atomic E-state index is -0.102. The highest BCUT2D eigenvalue weighted by Gasteiger charge is 2.18. The zero-order valence-corrected chi connectivity index (χ0v) is 9.27. The zero-order chi connectivity index (χ0) is 11.4. The molecule has 1 saturated heterocycles. The summed E-state index contributed by atoms with van der Waals surface area (Å²) in [5, 5.41) is 2.62. The number of hydrogen-bond acceptors (Lipinski definition) is 4. The van der Waals surface area contributed by atoms with Crippen LogP contribution in [-0.4, -0.2) is 44.2 Å². The zero-order valence-electron chi connectivity index (χ0n) is 9.27. The normalized spacial score (nSPS) is 15.9. The van der Waals surface area contributed by atoms with Gasteiger partial charge in [0, 0.05) is 26.3 Å². The van der Waals surface area contributed by atoms with Crippen molar-refractivity contribution in [1.29, 1.82) is 0 Å². The minimum absolute atomic E-state index is 0.102. The molecule has 0 radical (unpaired) electrons. The summed E-state index contributed by atoms with van der Waals surface area (Å²) in [6.45, 7) is 2.93. The van der Waals surface area contributed by atoms with Gasteiger partial charge in [0.2, 0.25) is 0 Å². The Hall–Kier alpha value is -1.62. The van der Waals surface area contributed by atoms with Gasteiger partial charge in [-0.3, -0.25) is 4.79 Å². The lowest BCUT2D eigenvalue weighted by Gasteiger charge is -2.28. The molecule has 0 bridgehead atoms. The standard InChI is InChI=1S/C11H15N3O2/c1-12-11(15)9-3-2-4-13-10(9)14-5-7-16-8-6-14/h2-4H,5-8H2,1H3,(H,12,15). The number of amides is 1. The molecule has 0 saturated carbocycles. The number of nitrogens with zero attached hydrogens (tertiary/aromatic N) is 2. The van der Waals surface area contributed by atoms with Gasteiger partial charge in [0.1, 0.15) is 5.82 Å². The molecule has 1 aliphatic rings. The van der Waals surface area contributed by atoms with Crippen LogP contribution in [0.5, 0.6) is 0 Å². The largest absolute Gasteiger partial charge is 0.378 e. The Bertz CT molecular complexity index is 375. The summed E-state index contributed by atoms with van der Waals surface area (Å²) in [4.78, 5) is 18.0. The number of hydrogen-bond donors (Lipinski definition) is 1. The molecular formula is C11H15N3O2. The van der Waals surface area contributed by atoms with E-state index in [2.05, 4.69) is 15.2 Å². The van der Waals surface area contributed by atoms with Crippen molar-refractivity contribution in [3.63, 3.8) is 0 Å². The molecule has 1 amide bonds. The lowest BCUT2D eigenvalue weighted by Crippen LogP contribution is -2.38. The first-order valence-corrected chi connectivity index (χ1v) is 5.32. The fourth-order valence-electron chi connectivity index (χ4n) is 1.74. The van der Waals surface area contributed by atoms with E-state index in [1.54, 1.807) is 25.4 Å². The first-order chi connectivity index (χ1) is 7.83. The van der Waals surface area contributed by atoms with E-state index in [1.807, 2.05) is 0 Å². The Kier molecular flexibility index (Phi) is 3.36. The van der Waals surface area contributed by atoms with Crippen molar-refractivity contribution in [2.75, 3.05) is 38.3 Å². The van der Waals surface area contributed by atoms with Crippen LogP contribution in [0.1, 0.15) is 10.4 Å². The van der Waals surface area contributed by atoms with Crippen LogP contribution < -0.4 is 10.2 Å². The second-order valence-electron chi connectivity index (χ2n) is 3.55. The summed E-state index contributed by atoms with van der Waals surface area (Å²) in [6.07, 6.45) is 1.71. The fourth-order valence-corrected chi connectivity index (χ4v) is 1.74.